The minimum atomic E-state index is -0.136. The van der Waals surface area contributed by atoms with Crippen LogP contribution < -0.4 is 5.32 Å². The van der Waals surface area contributed by atoms with Gasteiger partial charge in [-0.15, -0.1) is 0 Å². The van der Waals surface area contributed by atoms with Crippen molar-refractivity contribution in [2.45, 2.75) is 51.1 Å². The highest BCUT2D eigenvalue weighted by Gasteiger charge is 2.43. The number of benzene rings is 1. The van der Waals surface area contributed by atoms with Crippen molar-refractivity contribution in [1.82, 2.24) is 10.2 Å². The summed E-state index contributed by atoms with van der Waals surface area (Å²) < 4.78 is 13.9. The van der Waals surface area contributed by atoms with Gasteiger partial charge in [-0.3, -0.25) is 0 Å². The van der Waals surface area contributed by atoms with Gasteiger partial charge in [0.25, 0.3) is 0 Å². The molecular formula is C18H29FN2. The molecule has 3 atom stereocenters. The average Bonchev–Trinajstić information content (AvgIpc) is 2.38. The van der Waals surface area contributed by atoms with Crippen LogP contribution in [-0.2, 0) is 0 Å². The van der Waals surface area contributed by atoms with Gasteiger partial charge in [-0.2, -0.15) is 0 Å². The summed E-state index contributed by atoms with van der Waals surface area (Å²) in [6, 6.07) is 5.57. The summed E-state index contributed by atoms with van der Waals surface area (Å²) in [6.45, 7) is 4.30. The lowest BCUT2D eigenvalue weighted by Gasteiger charge is -2.50. The summed E-state index contributed by atoms with van der Waals surface area (Å²) in [5, 5.41) is 3.48. The third kappa shape index (κ3) is 3.29. The first-order valence-electron chi connectivity index (χ1n) is 8.01. The molecule has 0 aliphatic heterocycles. The van der Waals surface area contributed by atoms with E-state index in [4.69, 9.17) is 0 Å². The Bertz CT molecular complexity index is 466. The molecule has 3 unspecified atom stereocenters. The zero-order valence-electron chi connectivity index (χ0n) is 14.0. The van der Waals surface area contributed by atoms with E-state index in [1.54, 1.807) is 12.1 Å². The Labute approximate surface area is 128 Å². The van der Waals surface area contributed by atoms with Crippen LogP contribution >= 0.6 is 0 Å². The number of aryl methyl sites for hydroxylation is 1. The van der Waals surface area contributed by atoms with E-state index in [0.29, 0.717) is 5.92 Å². The molecular weight excluding hydrogens is 263 g/mol. The van der Waals surface area contributed by atoms with Crippen LogP contribution in [0.2, 0.25) is 0 Å². The van der Waals surface area contributed by atoms with Gasteiger partial charge in [0.1, 0.15) is 5.82 Å². The molecule has 1 N–H and O–H groups in total. The molecule has 1 fully saturated rings. The lowest BCUT2D eigenvalue weighted by atomic mass is 9.69. The van der Waals surface area contributed by atoms with Gasteiger partial charge in [0.05, 0.1) is 6.04 Å². The number of hydrogen-bond donors (Lipinski definition) is 1. The molecule has 1 aromatic carbocycles. The van der Waals surface area contributed by atoms with Crippen molar-refractivity contribution in [3.63, 3.8) is 0 Å². The highest BCUT2D eigenvalue weighted by molar-refractivity contribution is 5.29. The molecule has 0 saturated heterocycles. The first-order chi connectivity index (χ1) is 9.89. The summed E-state index contributed by atoms with van der Waals surface area (Å²) in [4.78, 5) is 2.35. The Morgan fingerprint density at radius 1 is 1.33 bits per heavy atom. The van der Waals surface area contributed by atoms with Crippen LogP contribution in [0.5, 0.6) is 0 Å². The predicted octanol–water partition coefficient (Wildman–Crippen LogP) is 3.91. The normalized spacial score (nSPS) is 27.9. The largest absolute Gasteiger partial charge is 0.311 e. The number of halogens is 1. The highest BCUT2D eigenvalue weighted by atomic mass is 19.1. The van der Waals surface area contributed by atoms with E-state index < -0.39 is 0 Å². The van der Waals surface area contributed by atoms with Gasteiger partial charge in [-0.05, 0) is 70.1 Å². The van der Waals surface area contributed by atoms with Crippen LogP contribution in [0.15, 0.2) is 18.2 Å². The van der Waals surface area contributed by atoms with Gasteiger partial charge in [0, 0.05) is 5.54 Å². The highest BCUT2D eigenvalue weighted by Crippen LogP contribution is 2.44. The summed E-state index contributed by atoms with van der Waals surface area (Å²) in [5.74, 6) is 0.578. The number of likely N-dealkylation sites (N-methyl/N-ethyl adjacent to an activating group) is 2. The molecule has 118 valence electrons. The van der Waals surface area contributed by atoms with Crippen molar-refractivity contribution in [2.75, 3.05) is 21.1 Å². The molecule has 2 rings (SSSR count). The second kappa shape index (κ2) is 6.45. The third-order valence-corrected chi connectivity index (χ3v) is 5.12. The van der Waals surface area contributed by atoms with E-state index >= 15 is 0 Å². The van der Waals surface area contributed by atoms with Crippen LogP contribution in [0.4, 0.5) is 4.39 Å². The molecule has 0 bridgehead atoms. The summed E-state index contributed by atoms with van der Waals surface area (Å²) in [5.41, 5.74) is 2.12. The fraction of sp³-hybridized carbons (Fsp3) is 0.667. The first-order valence-corrected chi connectivity index (χ1v) is 8.01. The third-order valence-electron chi connectivity index (χ3n) is 5.12. The van der Waals surface area contributed by atoms with Crippen molar-refractivity contribution >= 4 is 0 Å². The SMILES string of the molecule is CNC(c1cc(C)cc(F)c1)C1(N(C)C)CCCC(C)C1. The Kier molecular flexibility index (Phi) is 5.05. The Balaban J connectivity index is 2.44. The molecule has 0 radical (unpaired) electrons. The smallest absolute Gasteiger partial charge is 0.123 e. The van der Waals surface area contributed by atoms with E-state index in [-0.39, 0.29) is 17.4 Å². The zero-order valence-corrected chi connectivity index (χ0v) is 14.0. The van der Waals surface area contributed by atoms with E-state index in [0.717, 1.165) is 24.0 Å². The quantitative estimate of drug-likeness (QED) is 0.905. The number of nitrogens with zero attached hydrogens (tertiary/aromatic N) is 1. The number of rotatable bonds is 4. The van der Waals surface area contributed by atoms with Crippen molar-refractivity contribution < 1.29 is 4.39 Å². The lowest BCUT2D eigenvalue weighted by Crippen LogP contribution is -2.55. The maximum absolute atomic E-state index is 13.9. The lowest BCUT2D eigenvalue weighted by molar-refractivity contribution is 0.0392. The average molecular weight is 292 g/mol. The molecule has 0 amide bonds. The van der Waals surface area contributed by atoms with Crippen LogP contribution in [0.3, 0.4) is 0 Å². The molecule has 0 heterocycles. The topological polar surface area (TPSA) is 15.3 Å². The minimum Gasteiger partial charge on any atom is -0.311 e. The molecule has 1 saturated carbocycles. The Morgan fingerprint density at radius 2 is 2.05 bits per heavy atom. The fourth-order valence-electron chi connectivity index (χ4n) is 4.17. The second-order valence-corrected chi connectivity index (χ2v) is 6.98. The molecule has 3 heteroatoms. The van der Waals surface area contributed by atoms with E-state index in [2.05, 4.69) is 37.3 Å². The second-order valence-electron chi connectivity index (χ2n) is 6.98. The van der Waals surface area contributed by atoms with Gasteiger partial charge in [-0.1, -0.05) is 25.8 Å². The molecule has 2 nitrogen and oxygen atoms in total. The van der Waals surface area contributed by atoms with Crippen LogP contribution in [0, 0.1) is 18.7 Å². The standard InChI is InChI=1S/C18H29FN2/c1-13-7-6-8-18(12-13,21(4)5)17(20-3)15-9-14(2)10-16(19)11-15/h9-11,13,17,20H,6-8,12H2,1-5H3. The van der Waals surface area contributed by atoms with Gasteiger partial charge in [0.15, 0.2) is 0 Å². The van der Waals surface area contributed by atoms with Gasteiger partial charge < -0.3 is 10.2 Å². The monoisotopic (exact) mass is 292 g/mol. The summed E-state index contributed by atoms with van der Waals surface area (Å²) in [7, 11) is 6.32. The zero-order chi connectivity index (χ0) is 15.6. The van der Waals surface area contributed by atoms with Crippen molar-refractivity contribution in [3.05, 3.63) is 35.1 Å². The molecule has 0 spiro atoms. The van der Waals surface area contributed by atoms with Crippen LogP contribution in [0.1, 0.15) is 49.8 Å². The minimum absolute atomic E-state index is 0.0622. The molecule has 0 aromatic heterocycles. The van der Waals surface area contributed by atoms with E-state index in [1.165, 1.54) is 12.8 Å². The Hall–Kier alpha value is -0.930. The molecule has 1 aliphatic rings. The molecule has 21 heavy (non-hydrogen) atoms. The summed E-state index contributed by atoms with van der Waals surface area (Å²) >= 11 is 0. The number of hydrogen-bond acceptors (Lipinski definition) is 2. The molecule has 1 aliphatic carbocycles. The predicted molar refractivity (Wildman–Crippen MR) is 87.0 cm³/mol. The van der Waals surface area contributed by atoms with Crippen LogP contribution in [0.25, 0.3) is 0 Å². The van der Waals surface area contributed by atoms with Gasteiger partial charge in [0.2, 0.25) is 0 Å². The summed E-state index contributed by atoms with van der Waals surface area (Å²) in [6.07, 6.45) is 4.85. The fourth-order valence-corrected chi connectivity index (χ4v) is 4.17. The molecule has 1 aromatic rings. The van der Waals surface area contributed by atoms with Crippen molar-refractivity contribution in [3.8, 4) is 0 Å². The van der Waals surface area contributed by atoms with Gasteiger partial charge >= 0.3 is 0 Å². The Morgan fingerprint density at radius 3 is 2.57 bits per heavy atom. The maximum atomic E-state index is 13.9. The van der Waals surface area contributed by atoms with E-state index in [1.807, 2.05) is 14.0 Å². The maximum Gasteiger partial charge on any atom is 0.123 e. The number of nitrogens with one attached hydrogen (secondary N) is 1. The van der Waals surface area contributed by atoms with Crippen molar-refractivity contribution in [2.24, 2.45) is 5.92 Å². The van der Waals surface area contributed by atoms with E-state index in [9.17, 15) is 4.39 Å². The van der Waals surface area contributed by atoms with Crippen molar-refractivity contribution in [1.29, 1.82) is 0 Å². The first kappa shape index (κ1) is 16.4. The van der Waals surface area contributed by atoms with Crippen LogP contribution in [-0.4, -0.2) is 31.6 Å². The van der Waals surface area contributed by atoms with Gasteiger partial charge in [-0.25, -0.2) is 4.39 Å².